The lowest BCUT2D eigenvalue weighted by Crippen LogP contribution is -2.36. The van der Waals surface area contributed by atoms with Gasteiger partial charge in [-0.1, -0.05) is 36.4 Å². The van der Waals surface area contributed by atoms with Crippen LogP contribution in [0.5, 0.6) is 5.75 Å². The Morgan fingerprint density at radius 1 is 1.10 bits per heavy atom. The molecule has 1 fully saturated rings. The van der Waals surface area contributed by atoms with Crippen LogP contribution in [0.25, 0.3) is 11.1 Å². The molecule has 6 heteroatoms. The van der Waals surface area contributed by atoms with Crippen molar-refractivity contribution >= 4 is 17.0 Å². The first kappa shape index (κ1) is 19.9. The van der Waals surface area contributed by atoms with E-state index in [-0.39, 0.29) is 11.5 Å². The number of thiophene rings is 1. The van der Waals surface area contributed by atoms with Gasteiger partial charge in [-0.05, 0) is 42.8 Å². The van der Waals surface area contributed by atoms with Crippen molar-refractivity contribution in [1.82, 2.24) is 4.90 Å². The monoisotopic (exact) mass is 414 g/mol. The third kappa shape index (κ3) is 4.60. The van der Waals surface area contributed by atoms with Crippen LogP contribution in [0, 0.1) is 0 Å². The van der Waals surface area contributed by atoms with E-state index in [1.54, 1.807) is 6.07 Å². The molecule has 1 aliphatic heterocycles. The van der Waals surface area contributed by atoms with Gasteiger partial charge in [0, 0.05) is 35.7 Å². The van der Waals surface area contributed by atoms with Crippen LogP contribution in [0.4, 0.5) is 14.5 Å². The minimum atomic E-state index is -2.91. The second-order valence-electron chi connectivity index (χ2n) is 7.49. The Bertz CT molecular complexity index is 978. The second kappa shape index (κ2) is 8.13. The Kier molecular flexibility index (Phi) is 5.56. The molecule has 1 aliphatic rings. The molecule has 0 bridgehead atoms. The summed E-state index contributed by atoms with van der Waals surface area (Å²) in [4.78, 5) is 3.16. The molecule has 3 nitrogen and oxygen atoms in total. The van der Waals surface area contributed by atoms with Crippen molar-refractivity contribution in [3.05, 3.63) is 69.9 Å². The summed E-state index contributed by atoms with van der Waals surface area (Å²) in [6.45, 7) is 4.25. The van der Waals surface area contributed by atoms with Gasteiger partial charge >= 0.3 is 0 Å². The molecule has 1 saturated heterocycles. The zero-order valence-electron chi connectivity index (χ0n) is 16.3. The van der Waals surface area contributed by atoms with Crippen molar-refractivity contribution in [3.8, 4) is 16.9 Å². The second-order valence-corrected chi connectivity index (χ2v) is 8.63. The summed E-state index contributed by atoms with van der Waals surface area (Å²) in [5, 5.41) is 0. The molecule has 0 spiro atoms. The molecule has 4 rings (SSSR count). The van der Waals surface area contributed by atoms with Crippen molar-refractivity contribution in [2.24, 2.45) is 0 Å². The summed E-state index contributed by atoms with van der Waals surface area (Å²) >= 11 is 1.09. The lowest BCUT2D eigenvalue weighted by molar-refractivity contribution is 0.0221. The number of likely N-dealkylation sites (tertiary alicyclic amines) is 1. The van der Waals surface area contributed by atoms with Crippen molar-refractivity contribution in [2.45, 2.75) is 32.4 Å². The minimum Gasteiger partial charge on any atom is -0.488 e. The number of rotatable bonds is 7. The number of hydrogen-bond donors (Lipinski definition) is 1. The smallest absolute Gasteiger partial charge is 0.280 e. The summed E-state index contributed by atoms with van der Waals surface area (Å²) in [7, 11) is 0. The van der Waals surface area contributed by atoms with Crippen LogP contribution in [0.1, 0.15) is 28.7 Å². The number of nitrogens with two attached hydrogens (primary N) is 1. The van der Waals surface area contributed by atoms with Gasteiger partial charge in [0.2, 0.25) is 0 Å². The van der Waals surface area contributed by atoms with Gasteiger partial charge in [0.1, 0.15) is 12.4 Å². The molecule has 0 atom stereocenters. The first-order valence-corrected chi connectivity index (χ1v) is 10.5. The van der Waals surface area contributed by atoms with E-state index in [2.05, 4.69) is 4.90 Å². The maximum absolute atomic E-state index is 14.2. The fourth-order valence-corrected chi connectivity index (χ4v) is 4.44. The normalized spacial score (nSPS) is 14.6. The number of nitrogens with zero attached hydrogens (tertiary/aromatic N) is 1. The quantitative estimate of drug-likeness (QED) is 0.490. The van der Waals surface area contributed by atoms with Gasteiger partial charge in [0.25, 0.3) is 5.92 Å². The summed E-state index contributed by atoms with van der Waals surface area (Å²) < 4.78 is 34.2. The average Bonchev–Trinajstić information content (AvgIpc) is 3.10. The van der Waals surface area contributed by atoms with Crippen molar-refractivity contribution < 1.29 is 13.5 Å². The van der Waals surface area contributed by atoms with Crippen molar-refractivity contribution in [2.75, 3.05) is 18.8 Å². The highest BCUT2D eigenvalue weighted by atomic mass is 32.1. The largest absolute Gasteiger partial charge is 0.488 e. The SMILES string of the molecule is CC(F)(F)c1sc(COc2ccc(CN3CCC3)c(N)c2)cc1-c1ccccc1. The Morgan fingerprint density at radius 3 is 2.48 bits per heavy atom. The molecule has 152 valence electrons. The molecule has 0 radical (unpaired) electrons. The van der Waals surface area contributed by atoms with Gasteiger partial charge in [-0.25, -0.2) is 8.78 Å². The van der Waals surface area contributed by atoms with E-state index in [0.717, 1.165) is 53.9 Å². The molecule has 29 heavy (non-hydrogen) atoms. The predicted molar refractivity (Wildman–Crippen MR) is 114 cm³/mol. The van der Waals surface area contributed by atoms with E-state index >= 15 is 0 Å². The summed E-state index contributed by atoms with van der Waals surface area (Å²) in [5.41, 5.74) is 9.31. The van der Waals surface area contributed by atoms with Crippen LogP contribution in [0.3, 0.4) is 0 Å². The van der Waals surface area contributed by atoms with Gasteiger partial charge in [-0.15, -0.1) is 11.3 Å². The first-order valence-electron chi connectivity index (χ1n) is 9.70. The maximum atomic E-state index is 14.2. The maximum Gasteiger partial charge on any atom is 0.280 e. The standard InChI is InChI=1S/C23H24F2N2OS/c1-23(24,25)22-20(16-6-3-2-4-7-16)13-19(29-22)15-28-18-9-8-17(21(26)12-18)14-27-10-5-11-27/h2-4,6-9,12-13H,5,10-11,14-15,26H2,1H3. The Morgan fingerprint density at radius 2 is 1.86 bits per heavy atom. The number of benzene rings is 2. The molecule has 1 aromatic heterocycles. The Balaban J connectivity index is 1.50. The summed E-state index contributed by atoms with van der Waals surface area (Å²) in [5.74, 6) is -2.26. The third-order valence-corrected chi connectivity index (χ3v) is 6.39. The number of anilines is 1. The Hall–Kier alpha value is -2.44. The molecule has 3 aromatic rings. The predicted octanol–water partition coefficient (Wildman–Crippen LogP) is 5.89. The molecule has 0 unspecified atom stereocenters. The molecule has 2 N–H and O–H groups in total. The van der Waals surface area contributed by atoms with Gasteiger partial charge < -0.3 is 10.5 Å². The molecular weight excluding hydrogens is 390 g/mol. The van der Waals surface area contributed by atoms with Crippen LogP contribution in [-0.4, -0.2) is 18.0 Å². The number of hydrogen-bond acceptors (Lipinski definition) is 4. The number of nitrogen functional groups attached to an aromatic ring is 1. The van der Waals surface area contributed by atoms with Gasteiger partial charge in [-0.3, -0.25) is 4.90 Å². The van der Waals surface area contributed by atoms with E-state index in [0.29, 0.717) is 17.0 Å². The molecular formula is C23H24F2N2OS. The van der Waals surface area contributed by atoms with Crippen LogP contribution in [0.2, 0.25) is 0 Å². The number of alkyl halides is 2. The van der Waals surface area contributed by atoms with E-state index in [9.17, 15) is 8.78 Å². The molecule has 0 aliphatic carbocycles. The van der Waals surface area contributed by atoms with Crippen LogP contribution in [0.15, 0.2) is 54.6 Å². The highest BCUT2D eigenvalue weighted by Gasteiger charge is 2.31. The number of ether oxygens (including phenoxy) is 1. The van der Waals surface area contributed by atoms with E-state index in [4.69, 9.17) is 10.5 Å². The third-order valence-electron chi connectivity index (χ3n) is 5.11. The lowest BCUT2D eigenvalue weighted by Gasteiger charge is -2.31. The van der Waals surface area contributed by atoms with Crippen LogP contribution >= 0.6 is 11.3 Å². The topological polar surface area (TPSA) is 38.5 Å². The number of halogens is 2. The lowest BCUT2D eigenvalue weighted by atomic mass is 10.0. The van der Waals surface area contributed by atoms with Crippen molar-refractivity contribution in [1.29, 1.82) is 0 Å². The molecule has 0 amide bonds. The highest BCUT2D eigenvalue weighted by Crippen LogP contribution is 2.42. The minimum absolute atomic E-state index is 0.0618. The Labute approximate surface area is 173 Å². The van der Waals surface area contributed by atoms with Crippen LogP contribution in [-0.2, 0) is 19.1 Å². The molecule has 0 saturated carbocycles. The zero-order chi connectivity index (χ0) is 20.4. The van der Waals surface area contributed by atoms with E-state index in [1.165, 1.54) is 6.42 Å². The molecule has 2 heterocycles. The summed E-state index contributed by atoms with van der Waals surface area (Å²) in [6.07, 6.45) is 1.24. The zero-order valence-corrected chi connectivity index (χ0v) is 17.1. The average molecular weight is 415 g/mol. The highest BCUT2D eigenvalue weighted by molar-refractivity contribution is 7.12. The molecule has 2 aromatic carbocycles. The fourth-order valence-electron chi connectivity index (χ4n) is 3.41. The fraction of sp³-hybridized carbons (Fsp3) is 0.304. The van der Waals surface area contributed by atoms with Gasteiger partial charge in [0.05, 0.1) is 4.88 Å². The van der Waals surface area contributed by atoms with Crippen molar-refractivity contribution in [3.63, 3.8) is 0 Å². The summed E-state index contributed by atoms with van der Waals surface area (Å²) in [6, 6.07) is 16.8. The van der Waals surface area contributed by atoms with Gasteiger partial charge in [-0.2, -0.15) is 0 Å². The van der Waals surface area contributed by atoms with E-state index < -0.39 is 5.92 Å². The first-order chi connectivity index (χ1) is 13.9. The van der Waals surface area contributed by atoms with E-state index in [1.807, 2.05) is 48.5 Å². The van der Waals surface area contributed by atoms with Crippen LogP contribution < -0.4 is 10.5 Å². The van der Waals surface area contributed by atoms with Gasteiger partial charge in [0.15, 0.2) is 0 Å².